The van der Waals surface area contributed by atoms with E-state index in [9.17, 15) is 19.0 Å². The predicted molar refractivity (Wildman–Crippen MR) is 229 cm³/mol. The smallest absolute Gasteiger partial charge is 0.462 e. The summed E-state index contributed by atoms with van der Waals surface area (Å²) in [5.74, 6) is -0.792. The molecule has 0 aromatic heterocycles. The third kappa shape index (κ3) is 42.2. The van der Waals surface area contributed by atoms with Crippen molar-refractivity contribution in [1.29, 1.82) is 0 Å². The molecule has 0 aliphatic heterocycles. The summed E-state index contributed by atoms with van der Waals surface area (Å²) >= 11 is 0. The Labute approximate surface area is 339 Å². The first kappa shape index (κ1) is 53.8. The van der Waals surface area contributed by atoms with Gasteiger partial charge in [-0.2, -0.15) is 0 Å². The van der Waals surface area contributed by atoms with Crippen molar-refractivity contribution in [3.05, 3.63) is 12.2 Å². The van der Waals surface area contributed by atoms with Gasteiger partial charge in [-0.3, -0.25) is 18.6 Å². The van der Waals surface area contributed by atoms with Crippen molar-refractivity contribution in [3.8, 4) is 0 Å². The van der Waals surface area contributed by atoms with Crippen LogP contribution in [0.3, 0.4) is 0 Å². The fourth-order valence-corrected chi connectivity index (χ4v) is 7.16. The molecule has 0 saturated carbocycles. The predicted octanol–water partition coefficient (Wildman–Crippen LogP) is 13.0. The molecule has 0 heterocycles. The Kier molecular flexibility index (Phi) is 37.4. The quantitative estimate of drug-likeness (QED) is 0.0214. The molecule has 0 bridgehead atoms. The van der Waals surface area contributed by atoms with E-state index in [1.165, 1.54) is 148 Å². The van der Waals surface area contributed by atoms with Crippen LogP contribution in [0.15, 0.2) is 12.2 Å². The largest absolute Gasteiger partial charge is 0.472 e. The molecule has 1 N–H and O–H groups in total. The van der Waals surface area contributed by atoms with Gasteiger partial charge in [0.15, 0.2) is 6.10 Å². The van der Waals surface area contributed by atoms with E-state index >= 15 is 0 Å². The lowest BCUT2D eigenvalue weighted by molar-refractivity contribution is -0.870. The first-order valence-electron chi connectivity index (χ1n) is 22.9. The Balaban J connectivity index is 4.19. The van der Waals surface area contributed by atoms with E-state index in [1.54, 1.807) is 0 Å². The minimum absolute atomic E-state index is 0.0349. The van der Waals surface area contributed by atoms with E-state index in [-0.39, 0.29) is 25.6 Å². The van der Waals surface area contributed by atoms with Crippen molar-refractivity contribution in [2.75, 3.05) is 47.5 Å². The minimum atomic E-state index is -4.37. The highest BCUT2D eigenvalue weighted by atomic mass is 31.2. The molecule has 0 rings (SSSR count). The third-order valence-corrected chi connectivity index (χ3v) is 11.0. The van der Waals surface area contributed by atoms with E-state index < -0.39 is 26.5 Å². The summed E-state index contributed by atoms with van der Waals surface area (Å²) in [4.78, 5) is 35.3. The maximum absolute atomic E-state index is 12.6. The second-order valence-corrected chi connectivity index (χ2v) is 18.2. The van der Waals surface area contributed by atoms with E-state index in [0.717, 1.165) is 32.1 Å². The average molecular weight is 803 g/mol. The van der Waals surface area contributed by atoms with Crippen LogP contribution in [0.4, 0.5) is 0 Å². The highest BCUT2D eigenvalue weighted by Gasteiger charge is 2.27. The molecule has 0 spiro atoms. The lowest BCUT2D eigenvalue weighted by Crippen LogP contribution is -2.37. The molecule has 0 fully saturated rings. The molecule has 326 valence electrons. The summed E-state index contributed by atoms with van der Waals surface area (Å²) < 4.78 is 34.3. The van der Waals surface area contributed by atoms with Crippen LogP contribution in [0.2, 0.25) is 0 Å². The third-order valence-electron chi connectivity index (χ3n) is 10.0. The Hall–Kier alpha value is -1.25. The molecule has 0 radical (unpaired) electrons. The van der Waals surface area contributed by atoms with Crippen LogP contribution in [0.1, 0.15) is 213 Å². The van der Waals surface area contributed by atoms with Crippen LogP contribution in [-0.4, -0.2) is 74.9 Å². The summed E-state index contributed by atoms with van der Waals surface area (Å²) in [6.45, 7) is 4.42. The molecular formula is C45H89NO8P+. The lowest BCUT2D eigenvalue weighted by Gasteiger charge is -2.24. The zero-order valence-corrected chi connectivity index (χ0v) is 37.6. The fraction of sp³-hybridized carbons (Fsp3) is 0.911. The maximum Gasteiger partial charge on any atom is 0.472 e. The van der Waals surface area contributed by atoms with Gasteiger partial charge in [-0.05, 0) is 38.5 Å². The van der Waals surface area contributed by atoms with Crippen LogP contribution in [-0.2, 0) is 32.7 Å². The van der Waals surface area contributed by atoms with Gasteiger partial charge >= 0.3 is 19.8 Å². The number of quaternary nitrogens is 1. The monoisotopic (exact) mass is 803 g/mol. The number of likely N-dealkylation sites (N-methyl/N-ethyl adjacent to an activating group) is 1. The number of unbranched alkanes of at least 4 members (excludes halogenated alkanes) is 26. The number of phosphoric acid groups is 1. The van der Waals surface area contributed by atoms with Gasteiger partial charge in [-0.25, -0.2) is 4.57 Å². The van der Waals surface area contributed by atoms with Crippen molar-refractivity contribution >= 4 is 19.8 Å². The molecule has 0 aliphatic rings. The highest BCUT2D eigenvalue weighted by Crippen LogP contribution is 2.43. The number of allylic oxidation sites excluding steroid dienone is 2. The van der Waals surface area contributed by atoms with Gasteiger partial charge in [-0.1, -0.05) is 174 Å². The van der Waals surface area contributed by atoms with Gasteiger partial charge in [-0.15, -0.1) is 0 Å². The van der Waals surface area contributed by atoms with Crippen molar-refractivity contribution < 1.29 is 42.1 Å². The first-order valence-corrected chi connectivity index (χ1v) is 24.4. The molecule has 0 aromatic rings. The molecule has 0 aliphatic carbocycles. The first-order chi connectivity index (χ1) is 26.5. The number of carbonyl (C=O) groups is 2. The van der Waals surface area contributed by atoms with Gasteiger partial charge in [0.25, 0.3) is 0 Å². The molecule has 10 heteroatoms. The van der Waals surface area contributed by atoms with Crippen LogP contribution >= 0.6 is 7.82 Å². The van der Waals surface area contributed by atoms with E-state index in [2.05, 4.69) is 26.0 Å². The summed E-state index contributed by atoms with van der Waals surface area (Å²) in [5.41, 5.74) is 0. The lowest BCUT2D eigenvalue weighted by atomic mass is 10.0. The van der Waals surface area contributed by atoms with Gasteiger partial charge < -0.3 is 18.9 Å². The highest BCUT2D eigenvalue weighted by molar-refractivity contribution is 7.47. The molecule has 2 atom stereocenters. The number of esters is 2. The topological polar surface area (TPSA) is 108 Å². The number of hydrogen-bond acceptors (Lipinski definition) is 7. The number of phosphoric ester groups is 1. The Morgan fingerprint density at radius 3 is 1.35 bits per heavy atom. The number of carbonyl (C=O) groups excluding carboxylic acids is 2. The van der Waals surface area contributed by atoms with Gasteiger partial charge in [0.1, 0.15) is 19.8 Å². The molecule has 1 unspecified atom stereocenters. The number of rotatable bonds is 42. The Morgan fingerprint density at radius 2 is 0.927 bits per heavy atom. The second-order valence-electron chi connectivity index (χ2n) is 16.8. The number of ether oxygens (including phenoxy) is 2. The fourth-order valence-electron chi connectivity index (χ4n) is 6.42. The molecule has 55 heavy (non-hydrogen) atoms. The Bertz CT molecular complexity index is 954. The van der Waals surface area contributed by atoms with Crippen LogP contribution < -0.4 is 0 Å². The van der Waals surface area contributed by atoms with E-state index in [4.69, 9.17) is 18.5 Å². The van der Waals surface area contributed by atoms with Crippen molar-refractivity contribution in [2.24, 2.45) is 0 Å². The Morgan fingerprint density at radius 1 is 0.545 bits per heavy atom. The zero-order valence-electron chi connectivity index (χ0n) is 36.7. The van der Waals surface area contributed by atoms with E-state index in [0.29, 0.717) is 23.9 Å². The maximum atomic E-state index is 12.6. The van der Waals surface area contributed by atoms with Crippen LogP contribution in [0.25, 0.3) is 0 Å². The van der Waals surface area contributed by atoms with E-state index in [1.807, 2.05) is 21.1 Å². The molecular weight excluding hydrogens is 713 g/mol. The summed E-state index contributed by atoms with van der Waals surface area (Å²) in [6.07, 6.45) is 39.8. The SMILES string of the molecule is CCCCCCCC/C=C/CCCCCCCCCCCCCC(=O)OC[C@@H](COP(=O)(O)OCC[N+](C)(C)C)OC(=O)CCCCCCCCCCCC. The standard InChI is InChI=1S/C45H88NO8P/c1-6-8-10-12-14-16-18-19-20-21-22-23-24-25-26-27-28-30-31-33-35-37-44(47)51-41-43(42-53-55(49,50)52-40-39-46(3,4)5)54-45(48)38-36-34-32-29-17-15-13-11-9-7-2/h19-20,43H,6-18,21-42H2,1-5H3/p+1/b20-19+/t43-/m0/s1. The number of hydrogen-bond donors (Lipinski definition) is 1. The van der Waals surface area contributed by atoms with Crippen molar-refractivity contribution in [1.82, 2.24) is 0 Å². The van der Waals surface area contributed by atoms with Crippen molar-refractivity contribution in [2.45, 2.75) is 219 Å². The minimum Gasteiger partial charge on any atom is -0.462 e. The molecule has 9 nitrogen and oxygen atoms in total. The zero-order chi connectivity index (χ0) is 40.7. The van der Waals surface area contributed by atoms with Gasteiger partial charge in [0, 0.05) is 12.8 Å². The summed E-state index contributed by atoms with van der Waals surface area (Å²) in [5, 5.41) is 0. The van der Waals surface area contributed by atoms with Gasteiger partial charge in [0.05, 0.1) is 27.7 Å². The van der Waals surface area contributed by atoms with Crippen LogP contribution in [0.5, 0.6) is 0 Å². The second kappa shape index (κ2) is 38.3. The molecule has 0 aromatic carbocycles. The van der Waals surface area contributed by atoms with Gasteiger partial charge in [0.2, 0.25) is 0 Å². The summed E-state index contributed by atoms with van der Waals surface area (Å²) in [6, 6.07) is 0. The average Bonchev–Trinajstić information content (AvgIpc) is 3.13. The molecule has 0 amide bonds. The number of nitrogens with zero attached hydrogens (tertiary/aromatic N) is 1. The molecule has 0 saturated heterocycles. The van der Waals surface area contributed by atoms with Crippen LogP contribution in [0, 0.1) is 0 Å². The summed E-state index contributed by atoms with van der Waals surface area (Å²) in [7, 11) is 1.49. The normalized spacial score (nSPS) is 13.6. The van der Waals surface area contributed by atoms with Crippen molar-refractivity contribution in [3.63, 3.8) is 0 Å².